The summed E-state index contributed by atoms with van der Waals surface area (Å²) in [6.45, 7) is 0. The Hall–Kier alpha value is -3.27. The molecular formula is C20H15BrF2N4O3. The number of carbonyl (C=O) groups is 3. The van der Waals surface area contributed by atoms with Crippen LogP contribution in [0.5, 0.6) is 0 Å². The zero-order chi connectivity index (χ0) is 21.6. The number of carbonyl (C=O) groups excluding carboxylic acids is 3. The van der Waals surface area contributed by atoms with Gasteiger partial charge in [-0.15, -0.1) is 0 Å². The second-order valence-corrected chi connectivity index (χ2v) is 7.77. The number of likely N-dealkylation sites (N-methyl/N-ethyl adjacent to an activating group) is 1. The lowest BCUT2D eigenvalue weighted by Gasteiger charge is -2.37. The lowest BCUT2D eigenvalue weighted by molar-refractivity contribution is -0.122. The predicted octanol–water partition coefficient (Wildman–Crippen LogP) is 2.99. The fraction of sp³-hybridized carbons (Fsp3) is 0.150. The smallest absolute Gasteiger partial charge is 0.329 e. The first-order chi connectivity index (χ1) is 14.3. The van der Waals surface area contributed by atoms with Crippen molar-refractivity contribution in [2.45, 2.75) is 12.1 Å². The van der Waals surface area contributed by atoms with Gasteiger partial charge in [0.05, 0.1) is 23.0 Å². The molecule has 7 nitrogen and oxygen atoms in total. The van der Waals surface area contributed by atoms with Crippen molar-refractivity contribution in [3.8, 4) is 0 Å². The van der Waals surface area contributed by atoms with E-state index in [1.807, 2.05) is 0 Å². The second-order valence-electron chi connectivity index (χ2n) is 6.85. The Morgan fingerprint density at radius 2 is 1.83 bits per heavy atom. The molecule has 2 heterocycles. The SMILES string of the molecule is CN1C=C(C(=O)Nc2ccc(Br)cc2F)C2NC(=O)N(c3ccc(F)cc3)C(=O)C21. The first kappa shape index (κ1) is 20.0. The first-order valence-corrected chi connectivity index (χ1v) is 9.65. The lowest BCUT2D eigenvalue weighted by atomic mass is 9.99. The molecule has 154 valence electrons. The lowest BCUT2D eigenvalue weighted by Crippen LogP contribution is -2.65. The average molecular weight is 477 g/mol. The number of urea groups is 1. The topological polar surface area (TPSA) is 81.8 Å². The quantitative estimate of drug-likeness (QED) is 0.713. The van der Waals surface area contributed by atoms with E-state index < -0.39 is 41.6 Å². The van der Waals surface area contributed by atoms with Gasteiger partial charge in [-0.3, -0.25) is 9.59 Å². The molecular weight excluding hydrogens is 462 g/mol. The van der Waals surface area contributed by atoms with Gasteiger partial charge in [-0.25, -0.2) is 18.5 Å². The molecule has 0 radical (unpaired) electrons. The second kappa shape index (κ2) is 7.52. The van der Waals surface area contributed by atoms with Crippen molar-refractivity contribution in [1.29, 1.82) is 0 Å². The summed E-state index contributed by atoms with van der Waals surface area (Å²) < 4.78 is 27.8. The molecule has 30 heavy (non-hydrogen) atoms. The molecule has 2 unspecified atom stereocenters. The molecule has 2 N–H and O–H groups in total. The van der Waals surface area contributed by atoms with E-state index in [2.05, 4.69) is 26.6 Å². The Bertz CT molecular complexity index is 1090. The van der Waals surface area contributed by atoms with Crippen LogP contribution in [0.15, 0.2) is 58.7 Å². The Kier molecular flexibility index (Phi) is 5.02. The number of amides is 4. The number of anilines is 2. The van der Waals surface area contributed by atoms with E-state index in [0.717, 1.165) is 17.0 Å². The molecule has 0 aliphatic carbocycles. The Balaban J connectivity index is 1.58. The number of fused-ring (bicyclic) bond motifs is 1. The predicted molar refractivity (Wildman–Crippen MR) is 109 cm³/mol. The maximum Gasteiger partial charge on any atom is 0.329 e. The number of nitrogens with one attached hydrogen (secondary N) is 2. The van der Waals surface area contributed by atoms with Crippen LogP contribution in [0.2, 0.25) is 0 Å². The molecule has 0 saturated carbocycles. The van der Waals surface area contributed by atoms with Crippen molar-refractivity contribution >= 4 is 45.2 Å². The minimum Gasteiger partial charge on any atom is -0.366 e. The minimum absolute atomic E-state index is 0.0309. The molecule has 1 saturated heterocycles. The largest absolute Gasteiger partial charge is 0.366 e. The van der Waals surface area contributed by atoms with Gasteiger partial charge in [-0.05, 0) is 42.5 Å². The molecule has 1 fully saturated rings. The van der Waals surface area contributed by atoms with E-state index in [0.29, 0.717) is 4.47 Å². The molecule has 2 aromatic rings. The highest BCUT2D eigenvalue weighted by atomic mass is 79.9. The fourth-order valence-corrected chi connectivity index (χ4v) is 3.84. The van der Waals surface area contributed by atoms with Gasteiger partial charge in [0.1, 0.15) is 17.7 Å². The zero-order valence-corrected chi connectivity index (χ0v) is 17.1. The summed E-state index contributed by atoms with van der Waals surface area (Å²) in [5.41, 5.74) is 0.294. The molecule has 0 aromatic heterocycles. The van der Waals surface area contributed by atoms with E-state index in [4.69, 9.17) is 0 Å². The van der Waals surface area contributed by atoms with Crippen LogP contribution in [0.3, 0.4) is 0 Å². The van der Waals surface area contributed by atoms with Gasteiger partial charge in [0.15, 0.2) is 0 Å². The van der Waals surface area contributed by atoms with Crippen molar-refractivity contribution in [1.82, 2.24) is 10.2 Å². The first-order valence-electron chi connectivity index (χ1n) is 8.86. The number of benzene rings is 2. The third-order valence-corrected chi connectivity index (χ3v) is 5.41. The summed E-state index contributed by atoms with van der Waals surface area (Å²) in [5, 5.41) is 5.11. The monoisotopic (exact) mass is 476 g/mol. The van der Waals surface area contributed by atoms with Crippen LogP contribution in [-0.4, -0.2) is 41.9 Å². The van der Waals surface area contributed by atoms with Crippen LogP contribution >= 0.6 is 15.9 Å². The highest BCUT2D eigenvalue weighted by Gasteiger charge is 2.49. The van der Waals surface area contributed by atoms with E-state index >= 15 is 0 Å². The van der Waals surface area contributed by atoms with Gasteiger partial charge in [0.2, 0.25) is 0 Å². The molecule has 4 rings (SSSR count). The van der Waals surface area contributed by atoms with E-state index in [-0.39, 0.29) is 16.9 Å². The molecule has 2 aliphatic rings. The summed E-state index contributed by atoms with van der Waals surface area (Å²) in [4.78, 5) is 40.8. The number of hydrogen-bond donors (Lipinski definition) is 2. The highest BCUT2D eigenvalue weighted by molar-refractivity contribution is 9.10. The van der Waals surface area contributed by atoms with E-state index in [9.17, 15) is 23.2 Å². The number of halogens is 3. The van der Waals surface area contributed by atoms with Gasteiger partial charge < -0.3 is 15.5 Å². The average Bonchev–Trinajstić information content (AvgIpc) is 3.02. The Morgan fingerprint density at radius 3 is 2.50 bits per heavy atom. The molecule has 0 bridgehead atoms. The van der Waals surface area contributed by atoms with E-state index in [1.54, 1.807) is 13.1 Å². The van der Waals surface area contributed by atoms with Gasteiger partial charge in [-0.1, -0.05) is 15.9 Å². The van der Waals surface area contributed by atoms with Crippen LogP contribution < -0.4 is 15.5 Å². The Labute approximate surface area is 178 Å². The normalized spacial score (nSPS) is 20.6. The minimum atomic E-state index is -0.912. The van der Waals surface area contributed by atoms with Crippen molar-refractivity contribution in [3.63, 3.8) is 0 Å². The standard InChI is InChI=1S/C20H15BrF2N4O3/c1-26-9-13(18(28)24-15-7-2-10(21)8-14(15)23)16-17(26)19(29)27(20(30)25-16)12-5-3-11(22)4-6-12/h2-9,16-17H,1H3,(H,24,28)(H,25,30). The van der Waals surface area contributed by atoms with Crippen molar-refractivity contribution < 1.29 is 23.2 Å². The Morgan fingerprint density at radius 1 is 1.13 bits per heavy atom. The summed E-state index contributed by atoms with van der Waals surface area (Å²) in [5.74, 6) is -2.33. The van der Waals surface area contributed by atoms with Crippen molar-refractivity contribution in [2.24, 2.45) is 0 Å². The maximum absolute atomic E-state index is 14.1. The summed E-state index contributed by atoms with van der Waals surface area (Å²) in [6.07, 6.45) is 1.44. The van der Waals surface area contributed by atoms with Crippen LogP contribution in [0.25, 0.3) is 0 Å². The molecule has 4 amide bonds. The number of hydrogen-bond acceptors (Lipinski definition) is 4. The van der Waals surface area contributed by atoms with Crippen LogP contribution in [-0.2, 0) is 9.59 Å². The van der Waals surface area contributed by atoms with Gasteiger partial charge >= 0.3 is 6.03 Å². The number of imide groups is 1. The van der Waals surface area contributed by atoms with Crippen molar-refractivity contribution in [2.75, 3.05) is 17.3 Å². The molecule has 2 aliphatic heterocycles. The van der Waals surface area contributed by atoms with Crippen LogP contribution in [0.1, 0.15) is 0 Å². The van der Waals surface area contributed by atoms with Gasteiger partial charge in [0.25, 0.3) is 11.8 Å². The molecule has 2 atom stereocenters. The summed E-state index contributed by atoms with van der Waals surface area (Å²) in [7, 11) is 1.59. The number of nitrogens with zero attached hydrogens (tertiary/aromatic N) is 2. The molecule has 0 spiro atoms. The highest BCUT2D eigenvalue weighted by Crippen LogP contribution is 2.30. The maximum atomic E-state index is 14.1. The van der Waals surface area contributed by atoms with Gasteiger partial charge in [0, 0.05) is 17.7 Å². The third-order valence-electron chi connectivity index (χ3n) is 4.91. The molecule has 2 aromatic carbocycles. The zero-order valence-electron chi connectivity index (χ0n) is 15.5. The van der Waals surface area contributed by atoms with Crippen molar-refractivity contribution in [3.05, 3.63) is 70.3 Å². The fourth-order valence-electron chi connectivity index (χ4n) is 3.51. The van der Waals surface area contributed by atoms with Crippen LogP contribution in [0.4, 0.5) is 25.0 Å². The summed E-state index contributed by atoms with van der Waals surface area (Å²) >= 11 is 3.14. The van der Waals surface area contributed by atoms with Crippen LogP contribution in [0, 0.1) is 11.6 Å². The summed E-state index contributed by atoms with van der Waals surface area (Å²) in [6, 6.07) is 6.58. The van der Waals surface area contributed by atoms with E-state index in [1.165, 1.54) is 35.4 Å². The third kappa shape index (κ3) is 3.43. The molecule has 10 heteroatoms. The van der Waals surface area contributed by atoms with Gasteiger partial charge in [-0.2, -0.15) is 0 Å². The number of rotatable bonds is 3.